The van der Waals surface area contributed by atoms with Crippen LogP contribution < -0.4 is 10.6 Å². The Balaban J connectivity index is 0.00000225. The highest BCUT2D eigenvalue weighted by atomic mass is 79.9. The van der Waals surface area contributed by atoms with Crippen molar-refractivity contribution >= 4 is 34.2 Å². The summed E-state index contributed by atoms with van der Waals surface area (Å²) in [5, 5.41) is 6.14. The minimum Gasteiger partial charge on any atom is -0.352 e. The number of nitrogens with one attached hydrogen (secondary N) is 2. The molecule has 2 N–H and O–H groups in total. The summed E-state index contributed by atoms with van der Waals surface area (Å²) in [5.41, 5.74) is 0. The third-order valence-electron chi connectivity index (χ3n) is 2.72. The van der Waals surface area contributed by atoms with Crippen molar-refractivity contribution in [1.29, 1.82) is 0 Å². The summed E-state index contributed by atoms with van der Waals surface area (Å²) in [7, 11) is 0. The van der Waals surface area contributed by atoms with Crippen LogP contribution in [0.25, 0.3) is 0 Å². The molecule has 1 heterocycles. The average Bonchev–Trinajstić information content (AvgIpc) is 2.25. The van der Waals surface area contributed by atoms with E-state index < -0.39 is 0 Å². The molecule has 0 bridgehead atoms. The highest BCUT2D eigenvalue weighted by molar-refractivity contribution is 9.11. The van der Waals surface area contributed by atoms with Gasteiger partial charge in [-0.15, -0.1) is 12.4 Å². The van der Waals surface area contributed by atoms with Crippen molar-refractivity contribution in [2.75, 3.05) is 19.6 Å². The molecule has 16 heavy (non-hydrogen) atoms. The largest absolute Gasteiger partial charge is 0.352 e. The normalized spacial score (nSPS) is 16.3. The number of hydrogen-bond acceptors (Lipinski definition) is 2. The maximum atomic E-state index is 11.4. The Hall–Kier alpha value is -0.0600. The van der Waals surface area contributed by atoms with Crippen molar-refractivity contribution in [2.24, 2.45) is 5.92 Å². The Bertz CT molecular complexity index is 230. The summed E-state index contributed by atoms with van der Waals surface area (Å²) in [6.45, 7) is 6.41. The van der Waals surface area contributed by atoms with E-state index in [1.54, 1.807) is 0 Å². The number of amides is 1. The van der Waals surface area contributed by atoms with Gasteiger partial charge in [0, 0.05) is 17.4 Å². The van der Waals surface area contributed by atoms with Crippen LogP contribution in [0.3, 0.4) is 0 Å². The number of piperidine rings is 1. The lowest BCUT2D eigenvalue weighted by atomic mass is 9.93. The van der Waals surface area contributed by atoms with Gasteiger partial charge in [-0.3, -0.25) is 4.79 Å². The molecule has 0 aromatic rings. The van der Waals surface area contributed by atoms with Crippen LogP contribution >= 0.6 is 28.3 Å². The van der Waals surface area contributed by atoms with Crippen LogP contribution in [0.4, 0.5) is 0 Å². The molecule has 3 nitrogen and oxygen atoms in total. The molecule has 0 saturated carbocycles. The van der Waals surface area contributed by atoms with Gasteiger partial charge in [-0.1, -0.05) is 22.5 Å². The fraction of sp³-hybridized carbons (Fsp3) is 0.727. The summed E-state index contributed by atoms with van der Waals surface area (Å²) in [5.74, 6) is 0.860. The van der Waals surface area contributed by atoms with E-state index in [0.29, 0.717) is 13.0 Å². The van der Waals surface area contributed by atoms with Crippen molar-refractivity contribution in [3.05, 3.63) is 11.1 Å². The molecule has 1 saturated heterocycles. The van der Waals surface area contributed by atoms with E-state index in [-0.39, 0.29) is 18.3 Å². The monoisotopic (exact) mass is 310 g/mol. The van der Waals surface area contributed by atoms with E-state index in [0.717, 1.165) is 29.9 Å². The number of hydrogen-bond donors (Lipinski definition) is 2. The SMILES string of the molecule is C=C(Br)CNC(=O)CCC1CCNCC1.Cl. The van der Waals surface area contributed by atoms with E-state index in [2.05, 4.69) is 33.1 Å². The first-order valence-electron chi connectivity index (χ1n) is 5.49. The van der Waals surface area contributed by atoms with Crippen LogP contribution in [-0.4, -0.2) is 25.5 Å². The lowest BCUT2D eigenvalue weighted by Gasteiger charge is -2.22. The number of halogens is 2. The second-order valence-electron chi connectivity index (χ2n) is 4.03. The van der Waals surface area contributed by atoms with Gasteiger partial charge in [-0.2, -0.15) is 0 Å². The summed E-state index contributed by atoms with van der Waals surface area (Å²) in [4.78, 5) is 11.4. The smallest absolute Gasteiger partial charge is 0.220 e. The molecule has 0 aromatic heterocycles. The topological polar surface area (TPSA) is 41.1 Å². The quantitative estimate of drug-likeness (QED) is 0.817. The van der Waals surface area contributed by atoms with Gasteiger partial charge in [-0.05, 0) is 38.3 Å². The molecule has 1 amide bonds. The zero-order chi connectivity index (χ0) is 11.1. The fourth-order valence-electron chi connectivity index (χ4n) is 1.79. The highest BCUT2D eigenvalue weighted by Gasteiger charge is 2.14. The van der Waals surface area contributed by atoms with Crippen LogP contribution in [0.5, 0.6) is 0 Å². The first-order chi connectivity index (χ1) is 7.18. The van der Waals surface area contributed by atoms with Crippen molar-refractivity contribution in [3.63, 3.8) is 0 Å². The Labute approximate surface area is 112 Å². The zero-order valence-electron chi connectivity index (χ0n) is 9.43. The second-order valence-corrected chi connectivity index (χ2v) is 5.15. The third kappa shape index (κ3) is 7.25. The third-order valence-corrected chi connectivity index (χ3v) is 3.00. The summed E-state index contributed by atoms with van der Waals surface area (Å²) in [6.07, 6.45) is 4.07. The van der Waals surface area contributed by atoms with E-state index in [1.165, 1.54) is 12.8 Å². The van der Waals surface area contributed by atoms with E-state index >= 15 is 0 Å². The number of carbonyl (C=O) groups is 1. The van der Waals surface area contributed by atoms with Crippen molar-refractivity contribution < 1.29 is 4.79 Å². The lowest BCUT2D eigenvalue weighted by molar-refractivity contribution is -0.121. The molecular weight excluding hydrogens is 291 g/mol. The predicted octanol–water partition coefficient (Wildman–Crippen LogP) is 2.21. The number of rotatable bonds is 5. The van der Waals surface area contributed by atoms with Gasteiger partial charge >= 0.3 is 0 Å². The predicted molar refractivity (Wildman–Crippen MR) is 73.2 cm³/mol. The van der Waals surface area contributed by atoms with Crippen LogP contribution in [0.2, 0.25) is 0 Å². The maximum Gasteiger partial charge on any atom is 0.220 e. The van der Waals surface area contributed by atoms with E-state index in [4.69, 9.17) is 0 Å². The van der Waals surface area contributed by atoms with Crippen LogP contribution in [0.1, 0.15) is 25.7 Å². The summed E-state index contributed by atoms with van der Waals surface area (Å²) >= 11 is 3.21. The molecule has 5 heteroatoms. The van der Waals surface area contributed by atoms with E-state index in [9.17, 15) is 4.79 Å². The molecule has 1 aliphatic rings. The Morgan fingerprint density at radius 2 is 2.06 bits per heavy atom. The van der Waals surface area contributed by atoms with Gasteiger partial charge in [0.2, 0.25) is 5.91 Å². The van der Waals surface area contributed by atoms with Gasteiger partial charge in [0.15, 0.2) is 0 Å². The van der Waals surface area contributed by atoms with Gasteiger partial charge in [-0.25, -0.2) is 0 Å². The molecule has 94 valence electrons. The Morgan fingerprint density at radius 3 is 2.62 bits per heavy atom. The van der Waals surface area contributed by atoms with Crippen molar-refractivity contribution in [1.82, 2.24) is 10.6 Å². The standard InChI is InChI=1S/C11H19BrN2O.ClH/c1-9(12)8-14-11(15)3-2-10-4-6-13-7-5-10;/h10,13H,1-8H2,(H,14,15);1H. The molecular formula is C11H20BrClN2O. The molecule has 1 aliphatic heterocycles. The molecule has 0 radical (unpaired) electrons. The zero-order valence-corrected chi connectivity index (χ0v) is 11.8. The fourth-order valence-corrected chi connectivity index (χ4v) is 1.93. The molecule has 0 aromatic carbocycles. The minimum absolute atomic E-state index is 0. The minimum atomic E-state index is 0. The van der Waals surface area contributed by atoms with Crippen molar-refractivity contribution in [3.8, 4) is 0 Å². The second kappa shape index (κ2) is 9.02. The first-order valence-corrected chi connectivity index (χ1v) is 6.28. The van der Waals surface area contributed by atoms with Gasteiger partial charge < -0.3 is 10.6 Å². The number of carbonyl (C=O) groups excluding carboxylic acids is 1. The summed E-state index contributed by atoms with van der Waals surface area (Å²) < 4.78 is 0.817. The van der Waals surface area contributed by atoms with Gasteiger partial charge in [0.25, 0.3) is 0 Å². The first kappa shape index (κ1) is 15.9. The lowest BCUT2D eigenvalue weighted by Crippen LogP contribution is -2.29. The molecule has 0 atom stereocenters. The Morgan fingerprint density at radius 1 is 1.44 bits per heavy atom. The highest BCUT2D eigenvalue weighted by Crippen LogP contribution is 2.17. The van der Waals surface area contributed by atoms with E-state index in [1.807, 2.05) is 0 Å². The molecule has 0 aliphatic carbocycles. The maximum absolute atomic E-state index is 11.4. The van der Waals surface area contributed by atoms with Crippen molar-refractivity contribution in [2.45, 2.75) is 25.7 Å². The van der Waals surface area contributed by atoms with Gasteiger partial charge in [0.1, 0.15) is 0 Å². The molecule has 1 fully saturated rings. The van der Waals surface area contributed by atoms with Crippen LogP contribution in [0.15, 0.2) is 11.1 Å². The molecule has 1 rings (SSSR count). The van der Waals surface area contributed by atoms with Gasteiger partial charge in [0.05, 0.1) is 0 Å². The summed E-state index contributed by atoms with van der Waals surface area (Å²) in [6, 6.07) is 0. The molecule has 0 spiro atoms. The Kier molecular flexibility index (Phi) is 8.99. The average molecular weight is 312 g/mol. The van der Waals surface area contributed by atoms with Crippen LogP contribution in [-0.2, 0) is 4.79 Å². The molecule has 0 unspecified atom stereocenters. The van der Waals surface area contributed by atoms with Crippen LogP contribution in [0, 0.1) is 5.92 Å².